The molecule has 144 valence electrons. The fourth-order valence-corrected chi connectivity index (χ4v) is 2.99. The van der Waals surface area contributed by atoms with Gasteiger partial charge in [0.1, 0.15) is 11.6 Å². The molecular weight excluding hydrogens is 359 g/mol. The number of nitrogens with one attached hydrogen (secondary N) is 1. The predicted octanol–water partition coefficient (Wildman–Crippen LogP) is 4.49. The van der Waals surface area contributed by atoms with Crippen molar-refractivity contribution in [1.29, 1.82) is 5.26 Å². The number of pyridine rings is 1. The monoisotopic (exact) mass is 379 g/mol. The van der Waals surface area contributed by atoms with Crippen LogP contribution in [0.15, 0.2) is 30.5 Å². The molecule has 0 atom stereocenters. The van der Waals surface area contributed by atoms with E-state index in [4.69, 9.17) is 10.00 Å². The van der Waals surface area contributed by atoms with E-state index in [0.717, 1.165) is 12.2 Å². The number of carbonyl (C=O) groups excluding carboxylic acids is 1. The van der Waals surface area contributed by atoms with Gasteiger partial charge in [-0.1, -0.05) is 12.2 Å². The quantitative estimate of drug-likeness (QED) is 0.604. The Labute approximate surface area is 155 Å². The number of nitrogens with zero attached hydrogens (tertiary/aromatic N) is 2. The molecular formula is C19H20F3N3O2. The van der Waals surface area contributed by atoms with Gasteiger partial charge in [-0.15, -0.1) is 0 Å². The second-order valence-corrected chi connectivity index (χ2v) is 6.28. The summed E-state index contributed by atoms with van der Waals surface area (Å²) in [5.74, 6) is -0.863. The van der Waals surface area contributed by atoms with E-state index >= 15 is 0 Å². The molecule has 0 aromatic carbocycles. The Morgan fingerprint density at radius 1 is 1.37 bits per heavy atom. The molecule has 27 heavy (non-hydrogen) atoms. The van der Waals surface area contributed by atoms with Gasteiger partial charge in [-0.3, -0.25) is 4.79 Å². The van der Waals surface area contributed by atoms with E-state index in [0.29, 0.717) is 24.2 Å². The zero-order chi connectivity index (χ0) is 19.9. The van der Waals surface area contributed by atoms with Gasteiger partial charge in [0.15, 0.2) is 0 Å². The maximum atomic E-state index is 12.7. The minimum absolute atomic E-state index is 0.0677. The molecule has 0 saturated heterocycles. The van der Waals surface area contributed by atoms with E-state index in [9.17, 15) is 18.0 Å². The van der Waals surface area contributed by atoms with Crippen LogP contribution in [-0.4, -0.2) is 24.2 Å². The number of halogens is 3. The maximum Gasteiger partial charge on any atom is 0.391 e. The van der Waals surface area contributed by atoms with Gasteiger partial charge >= 0.3 is 6.18 Å². The number of nitriles is 1. The molecule has 0 radical (unpaired) electrons. The van der Waals surface area contributed by atoms with Crippen molar-refractivity contribution in [1.82, 2.24) is 4.98 Å². The highest BCUT2D eigenvalue weighted by atomic mass is 19.4. The number of ether oxygens (including phenoxy) is 1. The van der Waals surface area contributed by atoms with E-state index in [1.807, 2.05) is 6.08 Å². The lowest BCUT2D eigenvalue weighted by Crippen LogP contribution is -2.27. The second kappa shape index (κ2) is 9.21. The number of alkyl halides is 3. The maximum absolute atomic E-state index is 12.7. The molecule has 5 nitrogen and oxygen atoms in total. The van der Waals surface area contributed by atoms with Gasteiger partial charge in [-0.2, -0.15) is 18.4 Å². The molecule has 1 aromatic heterocycles. The summed E-state index contributed by atoms with van der Waals surface area (Å²) in [5, 5.41) is 11.0. The molecule has 2 rings (SSSR count). The van der Waals surface area contributed by atoms with Crippen LogP contribution in [0.4, 0.5) is 19.0 Å². The summed E-state index contributed by atoms with van der Waals surface area (Å²) < 4.78 is 43.5. The highest BCUT2D eigenvalue weighted by Crippen LogP contribution is 2.40. The normalized spacial score (nSPS) is 20.6. The first-order valence-corrected chi connectivity index (χ1v) is 8.49. The second-order valence-electron chi connectivity index (χ2n) is 6.28. The molecule has 1 N–H and O–H groups in total. The van der Waals surface area contributed by atoms with Gasteiger partial charge in [0, 0.05) is 17.7 Å². The van der Waals surface area contributed by atoms with Crippen LogP contribution >= 0.6 is 0 Å². The minimum atomic E-state index is -4.11. The zero-order valence-corrected chi connectivity index (χ0v) is 14.8. The standard InChI is InChI=1S/C19H20F3N3O2/c1-27-16-12-24-17(25-18(26)3-2-10-23)11-14(16)7-4-13-5-8-15(9-6-13)19(20,21)22/h2-4,7,11-13,15H,5-6,8-9H2,1H3,(H,24,25,26)/b3-2+,7-4+. The van der Waals surface area contributed by atoms with E-state index in [1.165, 1.54) is 13.3 Å². The first kappa shape index (κ1) is 20.5. The summed E-state index contributed by atoms with van der Waals surface area (Å²) in [6, 6.07) is 3.33. The highest BCUT2D eigenvalue weighted by Gasteiger charge is 2.40. The van der Waals surface area contributed by atoms with Crippen LogP contribution in [0.1, 0.15) is 31.2 Å². The van der Waals surface area contributed by atoms with Crippen molar-refractivity contribution < 1.29 is 22.7 Å². The van der Waals surface area contributed by atoms with Crippen LogP contribution in [0.3, 0.4) is 0 Å². The van der Waals surface area contributed by atoms with Crippen LogP contribution in [-0.2, 0) is 4.79 Å². The Hall–Kier alpha value is -2.82. The van der Waals surface area contributed by atoms with E-state index in [1.54, 1.807) is 18.2 Å². The van der Waals surface area contributed by atoms with Crippen LogP contribution < -0.4 is 10.1 Å². The van der Waals surface area contributed by atoms with Crippen molar-refractivity contribution >= 4 is 17.8 Å². The molecule has 1 aliphatic rings. The van der Waals surface area contributed by atoms with E-state index in [-0.39, 0.29) is 24.6 Å². The number of methoxy groups -OCH3 is 1. The molecule has 8 heteroatoms. The summed E-state index contributed by atoms with van der Waals surface area (Å²) in [5.41, 5.74) is 0.657. The Morgan fingerprint density at radius 2 is 2.07 bits per heavy atom. The van der Waals surface area contributed by atoms with Crippen LogP contribution in [0, 0.1) is 23.2 Å². The predicted molar refractivity (Wildman–Crippen MR) is 94.7 cm³/mol. The smallest absolute Gasteiger partial charge is 0.391 e. The van der Waals surface area contributed by atoms with Crippen molar-refractivity contribution in [2.45, 2.75) is 31.9 Å². The third-order valence-electron chi connectivity index (χ3n) is 4.46. The number of rotatable bonds is 5. The number of aromatic nitrogens is 1. The molecule has 0 aliphatic heterocycles. The molecule has 1 fully saturated rings. The minimum Gasteiger partial charge on any atom is -0.495 e. The van der Waals surface area contributed by atoms with Crippen molar-refractivity contribution in [3.05, 3.63) is 36.1 Å². The van der Waals surface area contributed by atoms with E-state index in [2.05, 4.69) is 10.3 Å². The van der Waals surface area contributed by atoms with Gasteiger partial charge in [0.25, 0.3) is 0 Å². The third-order valence-corrected chi connectivity index (χ3v) is 4.46. The summed E-state index contributed by atoms with van der Waals surface area (Å²) in [4.78, 5) is 15.7. The topological polar surface area (TPSA) is 75.0 Å². The number of carbonyl (C=O) groups is 1. The Morgan fingerprint density at radius 3 is 2.67 bits per heavy atom. The summed E-state index contributed by atoms with van der Waals surface area (Å²) in [6.45, 7) is 0. The molecule has 1 heterocycles. The van der Waals surface area contributed by atoms with Crippen LogP contribution in [0.5, 0.6) is 5.75 Å². The molecule has 0 spiro atoms. The summed E-state index contributed by atoms with van der Waals surface area (Å²) >= 11 is 0. The van der Waals surface area contributed by atoms with Gasteiger partial charge in [-0.05, 0) is 37.7 Å². The fourth-order valence-electron chi connectivity index (χ4n) is 2.99. The first-order valence-electron chi connectivity index (χ1n) is 8.49. The van der Waals surface area contributed by atoms with Crippen LogP contribution in [0.25, 0.3) is 6.08 Å². The largest absolute Gasteiger partial charge is 0.495 e. The fraction of sp³-hybridized carbons (Fsp3) is 0.421. The van der Waals surface area contributed by atoms with Gasteiger partial charge < -0.3 is 10.1 Å². The SMILES string of the molecule is COc1cnc(NC(=O)/C=C/C#N)cc1/C=C/C1CCC(C(F)(F)F)CC1. The van der Waals surface area contributed by atoms with Crippen LogP contribution in [0.2, 0.25) is 0 Å². The highest BCUT2D eigenvalue weighted by molar-refractivity contribution is 5.99. The van der Waals surface area contributed by atoms with Gasteiger partial charge in [0.05, 0.1) is 25.3 Å². The lowest BCUT2D eigenvalue weighted by Gasteiger charge is -2.28. The van der Waals surface area contributed by atoms with Crippen molar-refractivity contribution in [3.8, 4) is 11.8 Å². The number of allylic oxidation sites excluding steroid dienone is 2. The van der Waals surface area contributed by atoms with Gasteiger partial charge in [0.2, 0.25) is 5.91 Å². The number of hydrogen-bond donors (Lipinski definition) is 1. The Bertz CT molecular complexity index is 758. The molecule has 1 amide bonds. The summed E-state index contributed by atoms with van der Waals surface area (Å²) in [7, 11) is 1.48. The van der Waals surface area contributed by atoms with Crippen molar-refractivity contribution in [2.24, 2.45) is 11.8 Å². The number of amides is 1. The average molecular weight is 379 g/mol. The third kappa shape index (κ3) is 6.13. The summed E-state index contributed by atoms with van der Waals surface area (Å²) in [6.07, 6.45) is 4.37. The lowest BCUT2D eigenvalue weighted by molar-refractivity contribution is -0.183. The average Bonchev–Trinajstić information content (AvgIpc) is 2.64. The van der Waals surface area contributed by atoms with E-state index < -0.39 is 18.0 Å². The first-order chi connectivity index (χ1) is 12.8. The zero-order valence-electron chi connectivity index (χ0n) is 14.8. The molecule has 1 aliphatic carbocycles. The molecule has 0 unspecified atom stereocenters. The lowest BCUT2D eigenvalue weighted by atomic mass is 9.81. The molecule has 0 bridgehead atoms. The Kier molecular flexibility index (Phi) is 6.99. The number of hydrogen-bond acceptors (Lipinski definition) is 4. The molecule has 1 aromatic rings. The van der Waals surface area contributed by atoms with Crippen molar-refractivity contribution in [2.75, 3.05) is 12.4 Å². The van der Waals surface area contributed by atoms with Gasteiger partial charge in [-0.25, -0.2) is 4.98 Å². The van der Waals surface area contributed by atoms with Crippen molar-refractivity contribution in [3.63, 3.8) is 0 Å². The molecule has 1 saturated carbocycles. The number of anilines is 1. The Balaban J connectivity index is 2.05.